The minimum Gasteiger partial charge on any atom is -0.495 e. The highest BCUT2D eigenvalue weighted by Gasteiger charge is 2.14. The Balaban J connectivity index is 1.79. The van der Waals surface area contributed by atoms with Gasteiger partial charge in [0.1, 0.15) is 12.3 Å². The minimum absolute atomic E-state index is 0.273. The number of hydrogen-bond acceptors (Lipinski definition) is 7. The Bertz CT molecular complexity index is 933. The molecule has 0 spiro atoms. The van der Waals surface area contributed by atoms with Gasteiger partial charge in [0.05, 0.1) is 26.4 Å². The predicted octanol–water partition coefficient (Wildman–Crippen LogP) is 2.28. The Morgan fingerprint density at radius 1 is 0.900 bits per heavy atom. The van der Waals surface area contributed by atoms with Crippen molar-refractivity contribution in [3.8, 4) is 17.2 Å². The van der Waals surface area contributed by atoms with Gasteiger partial charge < -0.3 is 29.6 Å². The summed E-state index contributed by atoms with van der Waals surface area (Å²) in [5, 5.41) is 5.27. The lowest BCUT2D eigenvalue weighted by molar-refractivity contribution is -0.146. The standard InChI is InChI=1S/C20H21ClN2O7/c1-27-15-7-5-13(9-14(15)21)23-18(24)11-30-19(25)10-22-20(26)12-4-6-16(28-2)17(8-12)29-3/h4-9H,10-11H2,1-3H3,(H,22,26)(H,23,24). The minimum atomic E-state index is -0.772. The van der Waals surface area contributed by atoms with E-state index in [1.165, 1.54) is 39.5 Å². The lowest BCUT2D eigenvalue weighted by Crippen LogP contribution is -2.32. The summed E-state index contributed by atoms with van der Waals surface area (Å²) in [4.78, 5) is 35.9. The molecule has 160 valence electrons. The number of hydrogen-bond donors (Lipinski definition) is 2. The lowest BCUT2D eigenvalue weighted by Gasteiger charge is -2.10. The van der Waals surface area contributed by atoms with Crippen LogP contribution in [0.25, 0.3) is 0 Å². The zero-order valence-corrected chi connectivity index (χ0v) is 17.4. The van der Waals surface area contributed by atoms with Crippen molar-refractivity contribution in [1.29, 1.82) is 0 Å². The molecular weight excluding hydrogens is 416 g/mol. The van der Waals surface area contributed by atoms with Crippen LogP contribution in [0.3, 0.4) is 0 Å². The molecular formula is C20H21ClN2O7. The number of halogens is 1. The van der Waals surface area contributed by atoms with E-state index in [1.54, 1.807) is 18.2 Å². The number of ether oxygens (including phenoxy) is 4. The summed E-state index contributed by atoms with van der Waals surface area (Å²) in [6, 6.07) is 9.26. The van der Waals surface area contributed by atoms with Gasteiger partial charge in [0, 0.05) is 11.3 Å². The molecule has 0 aliphatic rings. The molecule has 2 aromatic rings. The van der Waals surface area contributed by atoms with E-state index in [9.17, 15) is 14.4 Å². The Morgan fingerprint density at radius 2 is 1.57 bits per heavy atom. The Hall–Kier alpha value is -3.46. The summed E-state index contributed by atoms with van der Waals surface area (Å²) in [6.07, 6.45) is 0. The van der Waals surface area contributed by atoms with Crippen LogP contribution < -0.4 is 24.8 Å². The summed E-state index contributed by atoms with van der Waals surface area (Å²) in [6.45, 7) is -0.927. The van der Waals surface area contributed by atoms with Crippen LogP contribution in [0.2, 0.25) is 5.02 Å². The summed E-state index contributed by atoms with van der Waals surface area (Å²) >= 11 is 5.98. The van der Waals surface area contributed by atoms with E-state index < -0.39 is 30.9 Å². The van der Waals surface area contributed by atoms with Crippen LogP contribution in [0.5, 0.6) is 17.2 Å². The van der Waals surface area contributed by atoms with Crippen molar-refractivity contribution in [2.75, 3.05) is 39.8 Å². The average molecular weight is 437 g/mol. The third-order valence-corrected chi connectivity index (χ3v) is 4.13. The second-order valence-corrected chi connectivity index (χ2v) is 6.22. The van der Waals surface area contributed by atoms with Crippen molar-refractivity contribution in [2.24, 2.45) is 0 Å². The van der Waals surface area contributed by atoms with Crippen LogP contribution in [0.4, 0.5) is 5.69 Å². The number of methoxy groups -OCH3 is 3. The van der Waals surface area contributed by atoms with E-state index in [4.69, 9.17) is 30.5 Å². The Labute approximate surface area is 178 Å². The normalized spacial score (nSPS) is 10.0. The van der Waals surface area contributed by atoms with Crippen molar-refractivity contribution in [3.63, 3.8) is 0 Å². The molecule has 0 atom stereocenters. The Kier molecular flexibility index (Phi) is 8.30. The summed E-state index contributed by atoms with van der Waals surface area (Å²) in [5.74, 6) is -0.528. The van der Waals surface area contributed by atoms with Gasteiger partial charge in [-0.3, -0.25) is 14.4 Å². The molecule has 30 heavy (non-hydrogen) atoms. The largest absolute Gasteiger partial charge is 0.495 e. The number of benzene rings is 2. The van der Waals surface area contributed by atoms with Crippen LogP contribution in [0, 0.1) is 0 Å². The van der Waals surface area contributed by atoms with Crippen molar-refractivity contribution in [1.82, 2.24) is 5.32 Å². The maximum atomic E-state index is 12.2. The van der Waals surface area contributed by atoms with Gasteiger partial charge >= 0.3 is 5.97 Å². The van der Waals surface area contributed by atoms with Crippen molar-refractivity contribution in [2.45, 2.75) is 0 Å². The summed E-state index contributed by atoms with van der Waals surface area (Å²) < 4.78 is 20.1. The van der Waals surface area contributed by atoms with E-state index in [1.807, 2.05) is 0 Å². The molecule has 2 N–H and O–H groups in total. The average Bonchev–Trinajstić information content (AvgIpc) is 2.75. The third-order valence-electron chi connectivity index (χ3n) is 3.84. The maximum Gasteiger partial charge on any atom is 0.325 e. The molecule has 2 aromatic carbocycles. The van der Waals surface area contributed by atoms with E-state index in [-0.39, 0.29) is 5.56 Å². The molecule has 0 aliphatic carbocycles. The first-order valence-corrected chi connectivity index (χ1v) is 9.05. The molecule has 0 saturated heterocycles. The molecule has 0 fully saturated rings. The fourth-order valence-electron chi connectivity index (χ4n) is 2.37. The second-order valence-electron chi connectivity index (χ2n) is 5.81. The molecule has 9 nitrogen and oxygen atoms in total. The van der Waals surface area contributed by atoms with Crippen LogP contribution in [0.1, 0.15) is 10.4 Å². The zero-order valence-electron chi connectivity index (χ0n) is 16.6. The molecule has 10 heteroatoms. The third kappa shape index (κ3) is 6.28. The molecule has 0 heterocycles. The number of anilines is 1. The smallest absolute Gasteiger partial charge is 0.325 e. The number of amides is 2. The summed E-state index contributed by atoms with van der Waals surface area (Å²) in [7, 11) is 4.40. The highest BCUT2D eigenvalue weighted by molar-refractivity contribution is 6.32. The van der Waals surface area contributed by atoms with Gasteiger partial charge in [-0.25, -0.2) is 0 Å². The van der Waals surface area contributed by atoms with Gasteiger partial charge in [0.2, 0.25) is 0 Å². The van der Waals surface area contributed by atoms with Crippen LogP contribution in [-0.2, 0) is 14.3 Å². The van der Waals surface area contributed by atoms with Gasteiger partial charge in [-0.05, 0) is 36.4 Å². The monoisotopic (exact) mass is 436 g/mol. The highest BCUT2D eigenvalue weighted by atomic mass is 35.5. The molecule has 0 unspecified atom stereocenters. The number of nitrogens with one attached hydrogen (secondary N) is 2. The maximum absolute atomic E-state index is 12.2. The van der Waals surface area contributed by atoms with Crippen LogP contribution in [-0.4, -0.2) is 52.3 Å². The first kappa shape index (κ1) is 22.8. The first-order valence-electron chi connectivity index (χ1n) is 8.67. The van der Waals surface area contributed by atoms with Crippen molar-refractivity contribution < 1.29 is 33.3 Å². The van der Waals surface area contributed by atoms with E-state index in [2.05, 4.69) is 10.6 Å². The predicted molar refractivity (Wildman–Crippen MR) is 109 cm³/mol. The fourth-order valence-corrected chi connectivity index (χ4v) is 2.63. The Morgan fingerprint density at radius 3 is 2.20 bits per heavy atom. The summed E-state index contributed by atoms with van der Waals surface area (Å²) in [5.41, 5.74) is 0.693. The SMILES string of the molecule is COc1ccc(NC(=O)COC(=O)CNC(=O)c2ccc(OC)c(OC)c2)cc1Cl. The zero-order chi connectivity index (χ0) is 22.1. The van der Waals surface area contributed by atoms with Gasteiger partial charge in [0.15, 0.2) is 18.1 Å². The van der Waals surface area contributed by atoms with Gasteiger partial charge in [-0.15, -0.1) is 0 Å². The van der Waals surface area contributed by atoms with E-state index >= 15 is 0 Å². The van der Waals surface area contributed by atoms with Gasteiger partial charge in [-0.2, -0.15) is 0 Å². The van der Waals surface area contributed by atoms with Crippen molar-refractivity contribution in [3.05, 3.63) is 47.0 Å². The van der Waals surface area contributed by atoms with Crippen LogP contribution in [0.15, 0.2) is 36.4 Å². The van der Waals surface area contributed by atoms with E-state index in [0.29, 0.717) is 28.0 Å². The van der Waals surface area contributed by atoms with Crippen LogP contribution >= 0.6 is 11.6 Å². The topological polar surface area (TPSA) is 112 Å². The van der Waals surface area contributed by atoms with Gasteiger partial charge in [0.25, 0.3) is 11.8 Å². The molecule has 0 radical (unpaired) electrons. The van der Waals surface area contributed by atoms with E-state index in [0.717, 1.165) is 0 Å². The molecule has 0 saturated carbocycles. The molecule has 2 rings (SSSR count). The number of rotatable bonds is 9. The lowest BCUT2D eigenvalue weighted by atomic mass is 10.2. The molecule has 0 aromatic heterocycles. The van der Waals surface area contributed by atoms with Crippen molar-refractivity contribution >= 4 is 35.1 Å². The molecule has 0 aliphatic heterocycles. The second kappa shape index (κ2) is 10.9. The molecule has 2 amide bonds. The van der Waals surface area contributed by atoms with Gasteiger partial charge in [-0.1, -0.05) is 11.6 Å². The number of carbonyl (C=O) groups excluding carboxylic acids is 3. The number of esters is 1. The quantitative estimate of drug-likeness (QED) is 0.580. The number of carbonyl (C=O) groups is 3. The fraction of sp³-hybridized carbons (Fsp3) is 0.250. The molecule has 0 bridgehead atoms. The highest BCUT2D eigenvalue weighted by Crippen LogP contribution is 2.28. The first-order chi connectivity index (χ1) is 14.4.